The van der Waals surface area contributed by atoms with Gasteiger partial charge in [0.25, 0.3) is 5.91 Å². The second kappa shape index (κ2) is 10.5. The van der Waals surface area contributed by atoms with Gasteiger partial charge in [-0.05, 0) is 66.1 Å². The number of carbonyl (C=O) groups is 2. The van der Waals surface area contributed by atoms with Gasteiger partial charge in [-0.25, -0.2) is 0 Å². The number of benzene rings is 3. The van der Waals surface area contributed by atoms with Gasteiger partial charge < -0.3 is 19.9 Å². The van der Waals surface area contributed by atoms with E-state index in [4.69, 9.17) is 26.2 Å². The van der Waals surface area contributed by atoms with Crippen LogP contribution in [0, 0.1) is 0 Å². The summed E-state index contributed by atoms with van der Waals surface area (Å²) in [5.41, 5.74) is 2.23. The molecular formula is C24H22ClNO5. The summed E-state index contributed by atoms with van der Waals surface area (Å²) in [6.07, 6.45) is 0.611. The highest BCUT2D eigenvalue weighted by molar-refractivity contribution is 6.30. The number of hydrogen-bond donors (Lipinski definition) is 2. The second-order valence-corrected chi connectivity index (χ2v) is 7.25. The number of aliphatic carboxylic acids is 1. The Hall–Kier alpha value is -3.51. The molecule has 1 amide bonds. The number of hydrogen-bond acceptors (Lipinski definition) is 4. The maximum atomic E-state index is 12.3. The Morgan fingerprint density at radius 1 is 0.935 bits per heavy atom. The van der Waals surface area contributed by atoms with Crippen LogP contribution in [-0.2, 0) is 17.6 Å². The molecular weight excluding hydrogens is 418 g/mol. The number of amides is 1. The maximum Gasteiger partial charge on any atom is 0.307 e. The van der Waals surface area contributed by atoms with Gasteiger partial charge in [0.15, 0.2) is 11.5 Å². The van der Waals surface area contributed by atoms with Gasteiger partial charge in [-0.2, -0.15) is 0 Å². The van der Waals surface area contributed by atoms with Gasteiger partial charge in [0.2, 0.25) is 0 Å². The molecule has 0 aromatic heterocycles. The third kappa shape index (κ3) is 6.49. The van der Waals surface area contributed by atoms with E-state index in [0.717, 1.165) is 5.56 Å². The molecule has 0 atom stereocenters. The molecule has 0 saturated heterocycles. The van der Waals surface area contributed by atoms with Gasteiger partial charge in [-0.1, -0.05) is 29.8 Å². The summed E-state index contributed by atoms with van der Waals surface area (Å²) in [5, 5.41) is 12.5. The Morgan fingerprint density at radius 2 is 1.61 bits per heavy atom. The van der Waals surface area contributed by atoms with E-state index < -0.39 is 5.97 Å². The van der Waals surface area contributed by atoms with Crippen LogP contribution < -0.4 is 14.8 Å². The van der Waals surface area contributed by atoms with Crippen LogP contribution >= 0.6 is 11.6 Å². The molecule has 2 N–H and O–H groups in total. The maximum absolute atomic E-state index is 12.3. The van der Waals surface area contributed by atoms with E-state index in [1.165, 1.54) is 7.11 Å². The molecule has 0 aliphatic carbocycles. The van der Waals surface area contributed by atoms with E-state index >= 15 is 0 Å². The van der Waals surface area contributed by atoms with E-state index in [9.17, 15) is 9.59 Å². The summed E-state index contributed by atoms with van der Waals surface area (Å²) in [6.45, 7) is 0.513. The van der Waals surface area contributed by atoms with Gasteiger partial charge >= 0.3 is 5.97 Å². The first-order chi connectivity index (χ1) is 14.9. The average molecular weight is 440 g/mol. The molecule has 7 heteroatoms. The number of methoxy groups -OCH3 is 1. The summed E-state index contributed by atoms with van der Waals surface area (Å²) in [5.74, 6) is 0.329. The lowest BCUT2D eigenvalue weighted by Gasteiger charge is -2.12. The van der Waals surface area contributed by atoms with Crippen molar-refractivity contribution < 1.29 is 24.2 Å². The molecule has 3 aromatic carbocycles. The standard InChI is InChI=1S/C24H22ClNO5/c1-30-22-14-17(15-23(27)28)4-11-21(22)31-20-9-5-18(6-10-20)24(29)26-13-12-16-2-7-19(25)8-3-16/h2-11,14H,12-13,15H2,1H3,(H,26,29)(H,27,28). The van der Waals surface area contributed by atoms with Crippen molar-refractivity contribution in [1.82, 2.24) is 5.32 Å². The number of halogens is 1. The van der Waals surface area contributed by atoms with Crippen LogP contribution in [0.4, 0.5) is 0 Å². The lowest BCUT2D eigenvalue weighted by atomic mass is 10.1. The van der Waals surface area contributed by atoms with Gasteiger partial charge in [-0.15, -0.1) is 0 Å². The molecule has 0 spiro atoms. The molecule has 0 fully saturated rings. The number of carboxylic acids is 1. The van der Waals surface area contributed by atoms with Crippen molar-refractivity contribution in [2.24, 2.45) is 0 Å². The van der Waals surface area contributed by atoms with E-state index in [1.807, 2.05) is 24.3 Å². The van der Waals surface area contributed by atoms with Crippen LogP contribution in [0.25, 0.3) is 0 Å². The fraction of sp³-hybridized carbons (Fsp3) is 0.167. The fourth-order valence-electron chi connectivity index (χ4n) is 2.96. The minimum atomic E-state index is -0.919. The van der Waals surface area contributed by atoms with Gasteiger partial charge in [-0.3, -0.25) is 9.59 Å². The zero-order valence-electron chi connectivity index (χ0n) is 16.9. The number of rotatable bonds is 9. The summed E-state index contributed by atoms with van der Waals surface area (Å²) in [7, 11) is 1.49. The Kier molecular flexibility index (Phi) is 7.51. The molecule has 3 rings (SSSR count). The average Bonchev–Trinajstić information content (AvgIpc) is 2.76. The molecule has 31 heavy (non-hydrogen) atoms. The number of nitrogens with one attached hydrogen (secondary N) is 1. The zero-order valence-corrected chi connectivity index (χ0v) is 17.7. The summed E-state index contributed by atoms with van der Waals surface area (Å²) in [4.78, 5) is 23.2. The first-order valence-corrected chi connectivity index (χ1v) is 10.0. The van der Waals surface area contributed by atoms with Crippen molar-refractivity contribution in [3.05, 3.63) is 88.4 Å². The van der Waals surface area contributed by atoms with E-state index in [0.29, 0.717) is 46.4 Å². The number of carbonyl (C=O) groups excluding carboxylic acids is 1. The third-order valence-electron chi connectivity index (χ3n) is 4.54. The monoisotopic (exact) mass is 439 g/mol. The Balaban J connectivity index is 1.57. The molecule has 160 valence electrons. The highest BCUT2D eigenvalue weighted by atomic mass is 35.5. The van der Waals surface area contributed by atoms with Crippen LogP contribution in [-0.4, -0.2) is 30.6 Å². The topological polar surface area (TPSA) is 84.9 Å². The van der Waals surface area contributed by atoms with Crippen molar-refractivity contribution in [3.8, 4) is 17.2 Å². The van der Waals surface area contributed by atoms with E-state index in [2.05, 4.69) is 5.32 Å². The van der Waals surface area contributed by atoms with Crippen molar-refractivity contribution in [2.75, 3.05) is 13.7 Å². The highest BCUT2D eigenvalue weighted by Gasteiger charge is 2.10. The quantitative estimate of drug-likeness (QED) is 0.503. The van der Waals surface area contributed by atoms with Gasteiger partial charge in [0.1, 0.15) is 5.75 Å². The highest BCUT2D eigenvalue weighted by Crippen LogP contribution is 2.32. The molecule has 3 aromatic rings. The molecule has 0 bridgehead atoms. The number of carboxylic acid groups (broad SMARTS) is 1. The number of ether oxygens (including phenoxy) is 2. The first kappa shape index (κ1) is 22.2. The van der Waals surface area contributed by atoms with Crippen LogP contribution in [0.15, 0.2) is 66.7 Å². The minimum absolute atomic E-state index is 0.0987. The third-order valence-corrected chi connectivity index (χ3v) is 4.79. The van der Waals surface area contributed by atoms with E-state index in [1.54, 1.807) is 42.5 Å². The lowest BCUT2D eigenvalue weighted by Crippen LogP contribution is -2.25. The van der Waals surface area contributed by atoms with Gasteiger partial charge in [0, 0.05) is 17.1 Å². The molecule has 0 heterocycles. The molecule has 0 unspecified atom stereocenters. The van der Waals surface area contributed by atoms with Crippen molar-refractivity contribution in [3.63, 3.8) is 0 Å². The Morgan fingerprint density at radius 3 is 2.26 bits per heavy atom. The second-order valence-electron chi connectivity index (χ2n) is 6.81. The summed E-state index contributed by atoms with van der Waals surface area (Å²) >= 11 is 5.87. The van der Waals surface area contributed by atoms with Crippen molar-refractivity contribution >= 4 is 23.5 Å². The summed E-state index contributed by atoms with van der Waals surface area (Å²) in [6, 6.07) is 19.2. The Bertz CT molecular complexity index is 1050. The van der Waals surface area contributed by atoms with Crippen LogP contribution in [0.1, 0.15) is 21.5 Å². The molecule has 0 radical (unpaired) electrons. The minimum Gasteiger partial charge on any atom is -0.493 e. The predicted octanol–water partition coefficient (Wildman–Crippen LogP) is 4.74. The van der Waals surface area contributed by atoms with Gasteiger partial charge in [0.05, 0.1) is 13.5 Å². The Labute approximate surface area is 185 Å². The van der Waals surface area contributed by atoms with Crippen LogP contribution in [0.3, 0.4) is 0 Å². The SMILES string of the molecule is COc1cc(CC(=O)O)ccc1Oc1ccc(C(=O)NCCc2ccc(Cl)cc2)cc1. The molecule has 0 aliphatic rings. The molecule has 0 aliphatic heterocycles. The van der Waals surface area contributed by atoms with Crippen molar-refractivity contribution in [1.29, 1.82) is 0 Å². The predicted molar refractivity (Wildman–Crippen MR) is 118 cm³/mol. The van der Waals surface area contributed by atoms with E-state index in [-0.39, 0.29) is 12.3 Å². The van der Waals surface area contributed by atoms with Crippen LogP contribution in [0.2, 0.25) is 5.02 Å². The van der Waals surface area contributed by atoms with Crippen LogP contribution in [0.5, 0.6) is 17.2 Å². The molecule has 6 nitrogen and oxygen atoms in total. The van der Waals surface area contributed by atoms with Crippen molar-refractivity contribution in [2.45, 2.75) is 12.8 Å². The largest absolute Gasteiger partial charge is 0.493 e. The summed E-state index contributed by atoms with van der Waals surface area (Å²) < 4.78 is 11.1. The molecule has 0 saturated carbocycles. The fourth-order valence-corrected chi connectivity index (χ4v) is 3.08. The first-order valence-electron chi connectivity index (χ1n) is 9.64. The smallest absolute Gasteiger partial charge is 0.307 e. The zero-order chi connectivity index (χ0) is 22.2. The lowest BCUT2D eigenvalue weighted by molar-refractivity contribution is -0.136. The normalized spacial score (nSPS) is 10.4.